The number of carbonyl (C=O) groups excluding carboxylic acids is 1. The molecule has 0 bridgehead atoms. The molecular weight excluding hydrogens is 268 g/mol. The third kappa shape index (κ3) is 2.62. The van der Waals surface area contributed by atoms with Crippen LogP contribution in [0.4, 0.5) is 0 Å². The highest BCUT2D eigenvalue weighted by Crippen LogP contribution is 2.37. The molecule has 1 aliphatic heterocycles. The zero-order valence-corrected chi connectivity index (χ0v) is 12.5. The maximum absolute atomic E-state index is 12.4. The van der Waals surface area contributed by atoms with E-state index in [-0.39, 0.29) is 11.7 Å². The second kappa shape index (κ2) is 5.80. The van der Waals surface area contributed by atoms with Gasteiger partial charge in [-0.3, -0.25) is 4.79 Å². The number of benzene rings is 1. The Hall–Kier alpha value is -1.97. The minimum Gasteiger partial charge on any atom is -0.493 e. The van der Waals surface area contributed by atoms with Gasteiger partial charge in [-0.1, -0.05) is 6.07 Å². The van der Waals surface area contributed by atoms with Crippen LogP contribution in [-0.4, -0.2) is 26.6 Å². The average molecular weight is 288 g/mol. The van der Waals surface area contributed by atoms with Crippen molar-refractivity contribution >= 4 is 5.78 Å². The van der Waals surface area contributed by atoms with Gasteiger partial charge in [-0.15, -0.1) is 0 Å². The summed E-state index contributed by atoms with van der Waals surface area (Å²) in [5.41, 5.74) is 2.29. The summed E-state index contributed by atoms with van der Waals surface area (Å²) in [5, 5.41) is 0. The van der Waals surface area contributed by atoms with Gasteiger partial charge in [0, 0.05) is 5.92 Å². The van der Waals surface area contributed by atoms with Crippen molar-refractivity contribution < 1.29 is 19.0 Å². The van der Waals surface area contributed by atoms with Gasteiger partial charge in [0.05, 0.1) is 20.8 Å². The van der Waals surface area contributed by atoms with E-state index in [4.69, 9.17) is 14.2 Å². The molecule has 0 unspecified atom stereocenters. The monoisotopic (exact) mass is 288 g/mol. The van der Waals surface area contributed by atoms with Gasteiger partial charge in [-0.05, 0) is 49.0 Å². The molecule has 0 saturated carbocycles. The summed E-state index contributed by atoms with van der Waals surface area (Å²) >= 11 is 0. The molecule has 0 saturated heterocycles. The first-order valence-corrected chi connectivity index (χ1v) is 7.33. The first-order chi connectivity index (χ1) is 10.2. The predicted octanol–water partition coefficient (Wildman–Crippen LogP) is 2.90. The molecule has 0 radical (unpaired) electrons. The summed E-state index contributed by atoms with van der Waals surface area (Å²) in [7, 11) is 3.24. The number of ketones is 1. The number of Topliss-reactive ketones (excluding diaryl/α,β-unsaturated/α-hetero) is 1. The molecule has 21 heavy (non-hydrogen) atoms. The molecule has 1 aliphatic carbocycles. The van der Waals surface area contributed by atoms with Gasteiger partial charge in [-0.2, -0.15) is 0 Å². The van der Waals surface area contributed by atoms with Crippen LogP contribution in [0.2, 0.25) is 0 Å². The van der Waals surface area contributed by atoms with E-state index >= 15 is 0 Å². The van der Waals surface area contributed by atoms with Crippen LogP contribution in [0.1, 0.15) is 24.8 Å². The number of rotatable bonds is 4. The Morgan fingerprint density at radius 3 is 2.76 bits per heavy atom. The standard InChI is InChI=1S/C17H20O4/c1-19-14-6-5-11(9-15(14)20-2)8-13-10-12-4-3-7-21-17(12)16(13)18/h5-6,9,13H,3-4,7-8,10H2,1-2H3/t13-/m0/s1. The third-order valence-electron chi connectivity index (χ3n) is 4.21. The molecule has 2 aliphatic rings. The van der Waals surface area contributed by atoms with E-state index in [1.165, 1.54) is 5.57 Å². The van der Waals surface area contributed by atoms with Crippen molar-refractivity contribution in [3.05, 3.63) is 35.1 Å². The highest BCUT2D eigenvalue weighted by molar-refractivity contribution is 5.99. The molecule has 4 heteroatoms. The van der Waals surface area contributed by atoms with Crippen LogP contribution in [0.3, 0.4) is 0 Å². The van der Waals surface area contributed by atoms with Crippen LogP contribution < -0.4 is 9.47 Å². The Morgan fingerprint density at radius 1 is 1.24 bits per heavy atom. The lowest BCUT2D eigenvalue weighted by Crippen LogP contribution is -2.15. The van der Waals surface area contributed by atoms with E-state index in [1.54, 1.807) is 14.2 Å². The van der Waals surface area contributed by atoms with Crippen LogP contribution >= 0.6 is 0 Å². The minimum atomic E-state index is 0.00574. The van der Waals surface area contributed by atoms with E-state index in [9.17, 15) is 4.79 Å². The summed E-state index contributed by atoms with van der Waals surface area (Å²) in [6, 6.07) is 5.83. The first kappa shape index (κ1) is 14.0. The lowest BCUT2D eigenvalue weighted by molar-refractivity contribution is -0.121. The Bertz CT molecular complexity index is 588. The van der Waals surface area contributed by atoms with E-state index in [0.717, 1.165) is 31.2 Å². The summed E-state index contributed by atoms with van der Waals surface area (Å²) in [4.78, 5) is 12.4. The normalized spacial score (nSPS) is 21.0. The molecule has 1 atom stereocenters. The molecule has 0 spiro atoms. The van der Waals surface area contributed by atoms with E-state index in [1.807, 2.05) is 18.2 Å². The summed E-state index contributed by atoms with van der Waals surface area (Å²) in [5.74, 6) is 2.23. The highest BCUT2D eigenvalue weighted by atomic mass is 16.5. The van der Waals surface area contributed by atoms with Crippen molar-refractivity contribution in [3.8, 4) is 11.5 Å². The smallest absolute Gasteiger partial charge is 0.201 e. The summed E-state index contributed by atoms with van der Waals surface area (Å²) < 4.78 is 16.1. The lowest BCUT2D eigenvalue weighted by Gasteiger charge is -2.13. The zero-order valence-electron chi connectivity index (χ0n) is 12.5. The fourth-order valence-corrected chi connectivity index (χ4v) is 3.15. The topological polar surface area (TPSA) is 44.8 Å². The van der Waals surface area contributed by atoms with Gasteiger partial charge in [0.15, 0.2) is 17.3 Å². The van der Waals surface area contributed by atoms with Gasteiger partial charge in [0.25, 0.3) is 0 Å². The molecule has 1 heterocycles. The van der Waals surface area contributed by atoms with Gasteiger partial charge < -0.3 is 14.2 Å². The van der Waals surface area contributed by atoms with Crippen LogP contribution in [0.5, 0.6) is 11.5 Å². The Morgan fingerprint density at radius 2 is 2.05 bits per heavy atom. The second-order valence-corrected chi connectivity index (χ2v) is 5.54. The first-order valence-electron chi connectivity index (χ1n) is 7.33. The number of hydrogen-bond donors (Lipinski definition) is 0. The molecular formula is C17H20O4. The summed E-state index contributed by atoms with van der Waals surface area (Å²) in [6.07, 6.45) is 3.58. The van der Waals surface area contributed by atoms with Crippen molar-refractivity contribution in [2.75, 3.05) is 20.8 Å². The third-order valence-corrected chi connectivity index (χ3v) is 4.21. The highest BCUT2D eigenvalue weighted by Gasteiger charge is 2.35. The number of carbonyl (C=O) groups is 1. The molecule has 3 rings (SSSR count). The minimum absolute atomic E-state index is 0.00574. The molecule has 112 valence electrons. The van der Waals surface area contributed by atoms with Crippen molar-refractivity contribution in [3.63, 3.8) is 0 Å². The van der Waals surface area contributed by atoms with Crippen LogP contribution in [0, 0.1) is 5.92 Å². The molecule has 0 amide bonds. The van der Waals surface area contributed by atoms with Gasteiger partial charge in [0.2, 0.25) is 5.78 Å². The number of allylic oxidation sites excluding steroid dienone is 2. The van der Waals surface area contributed by atoms with E-state index < -0.39 is 0 Å². The van der Waals surface area contributed by atoms with E-state index in [2.05, 4.69) is 0 Å². The number of hydrogen-bond acceptors (Lipinski definition) is 4. The van der Waals surface area contributed by atoms with Gasteiger partial charge >= 0.3 is 0 Å². The molecule has 0 fully saturated rings. The fourth-order valence-electron chi connectivity index (χ4n) is 3.15. The van der Waals surface area contributed by atoms with Gasteiger partial charge in [-0.25, -0.2) is 0 Å². The maximum atomic E-state index is 12.4. The molecule has 4 nitrogen and oxygen atoms in total. The Balaban J connectivity index is 1.75. The van der Waals surface area contributed by atoms with Crippen LogP contribution in [0.15, 0.2) is 29.5 Å². The van der Waals surface area contributed by atoms with Crippen molar-refractivity contribution in [2.24, 2.45) is 5.92 Å². The lowest BCUT2D eigenvalue weighted by atomic mass is 9.94. The SMILES string of the molecule is COc1ccc(C[C@H]2CC3=C(OCCC3)C2=O)cc1OC. The molecule has 0 N–H and O–H groups in total. The van der Waals surface area contributed by atoms with Gasteiger partial charge in [0.1, 0.15) is 0 Å². The van der Waals surface area contributed by atoms with Crippen molar-refractivity contribution in [1.82, 2.24) is 0 Å². The predicted molar refractivity (Wildman–Crippen MR) is 78.6 cm³/mol. The summed E-state index contributed by atoms with van der Waals surface area (Å²) in [6.45, 7) is 0.674. The largest absolute Gasteiger partial charge is 0.493 e. The molecule has 0 aromatic heterocycles. The Kier molecular flexibility index (Phi) is 3.86. The maximum Gasteiger partial charge on any atom is 0.201 e. The van der Waals surface area contributed by atoms with Crippen molar-refractivity contribution in [2.45, 2.75) is 25.7 Å². The van der Waals surface area contributed by atoms with Crippen molar-refractivity contribution in [1.29, 1.82) is 0 Å². The van der Waals surface area contributed by atoms with Crippen LogP contribution in [0.25, 0.3) is 0 Å². The van der Waals surface area contributed by atoms with Crippen LogP contribution in [-0.2, 0) is 16.0 Å². The zero-order chi connectivity index (χ0) is 14.8. The molecule has 1 aromatic carbocycles. The molecule has 1 aromatic rings. The second-order valence-electron chi connectivity index (χ2n) is 5.54. The fraction of sp³-hybridized carbons (Fsp3) is 0.471. The average Bonchev–Trinajstić information content (AvgIpc) is 2.84. The number of methoxy groups -OCH3 is 2. The quantitative estimate of drug-likeness (QED) is 0.854. The Labute approximate surface area is 124 Å². The number of ether oxygens (including phenoxy) is 3. The van der Waals surface area contributed by atoms with E-state index in [0.29, 0.717) is 23.9 Å².